The van der Waals surface area contributed by atoms with E-state index < -0.39 is 13.9 Å². The van der Waals surface area contributed by atoms with Gasteiger partial charge >= 0.3 is 0 Å². The highest BCUT2D eigenvalue weighted by atomic mass is 28.3. The highest BCUT2D eigenvalue weighted by molar-refractivity contribution is 6.90. The van der Waals surface area contributed by atoms with E-state index in [1.165, 1.54) is 12.1 Å². The number of hydrogen-bond acceptors (Lipinski definition) is 3. The molecule has 0 aliphatic carbocycles. The molecule has 0 saturated heterocycles. The zero-order chi connectivity index (χ0) is 25.0. The molecule has 0 saturated carbocycles. The summed E-state index contributed by atoms with van der Waals surface area (Å²) in [5.41, 5.74) is 6.37. The number of aromatic nitrogens is 1. The summed E-state index contributed by atoms with van der Waals surface area (Å²) in [6.07, 6.45) is 0. The molecular formula is C28H35FN2O2Si. The van der Waals surface area contributed by atoms with Crippen LogP contribution in [0.4, 0.5) is 10.2 Å². The number of nitrogens with one attached hydrogen (secondary N) is 2. The lowest BCUT2D eigenvalue weighted by atomic mass is 10.1. The molecule has 1 aromatic heterocycles. The second kappa shape index (κ2) is 10.5. The van der Waals surface area contributed by atoms with Gasteiger partial charge in [0, 0.05) is 12.6 Å². The van der Waals surface area contributed by atoms with Crippen molar-refractivity contribution in [1.82, 2.24) is 4.98 Å². The molecule has 180 valence electrons. The second-order valence-electron chi connectivity index (χ2n) is 9.74. The number of H-pyrrole nitrogens is 1. The molecule has 0 unspecified atom stereocenters. The largest absolute Gasteiger partial charge is 0.497 e. The van der Waals surface area contributed by atoms with Gasteiger partial charge in [-0.2, -0.15) is 0 Å². The summed E-state index contributed by atoms with van der Waals surface area (Å²) in [7, 11) is -0.437. The van der Waals surface area contributed by atoms with E-state index >= 15 is 0 Å². The number of rotatable bonds is 7. The van der Waals surface area contributed by atoms with Crippen molar-refractivity contribution in [3.8, 4) is 17.2 Å². The number of anilines is 1. The minimum atomic E-state index is -2.07. The number of benzene rings is 2. The minimum absolute atomic E-state index is 0.194. The molecular weight excluding hydrogens is 443 g/mol. The van der Waals surface area contributed by atoms with E-state index in [1.807, 2.05) is 24.3 Å². The Morgan fingerprint density at radius 2 is 1.62 bits per heavy atom. The molecule has 2 N–H and O–H groups in total. The fourth-order valence-electron chi connectivity index (χ4n) is 5.08. The zero-order valence-electron chi connectivity index (χ0n) is 21.2. The molecule has 1 heterocycles. The van der Waals surface area contributed by atoms with Crippen LogP contribution >= 0.6 is 0 Å². The summed E-state index contributed by atoms with van der Waals surface area (Å²) >= 11 is 0. The molecule has 0 fully saturated rings. The number of ether oxygens (including phenoxy) is 1. The molecule has 0 amide bonds. The van der Waals surface area contributed by atoms with Crippen molar-refractivity contribution in [1.29, 1.82) is 0 Å². The maximum Gasteiger partial charge on any atom is 0.192 e. The third-order valence-electron chi connectivity index (χ3n) is 6.86. The molecule has 4 nitrogen and oxygen atoms in total. The lowest BCUT2D eigenvalue weighted by Crippen LogP contribution is -2.43. The fraction of sp³-hybridized carbons (Fsp3) is 0.393. The van der Waals surface area contributed by atoms with Gasteiger partial charge in [-0.3, -0.25) is 4.79 Å². The monoisotopic (exact) mass is 478 g/mol. The topological polar surface area (TPSA) is 54.1 Å². The summed E-state index contributed by atoms with van der Waals surface area (Å²) in [5, 5.41) is 3.55. The van der Waals surface area contributed by atoms with Crippen LogP contribution in [0, 0.1) is 17.3 Å². The lowest BCUT2D eigenvalue weighted by Gasteiger charge is -2.38. The number of aromatic amines is 1. The predicted molar refractivity (Wildman–Crippen MR) is 143 cm³/mol. The first-order valence-corrected chi connectivity index (χ1v) is 14.1. The standard InChI is InChI=1S/C28H35FN2O2Si/c1-18(2)34(19(3)4,20(5)6)15-14-23-24(29)12-13-25-28(23)26(32)16-27(31-25)30-17-21-8-10-22(33-7)11-9-21/h8-13,16,18-20H,17H2,1-7H3,(H2,30,31,32). The van der Waals surface area contributed by atoms with E-state index in [-0.39, 0.29) is 11.0 Å². The number of methoxy groups -OCH3 is 1. The van der Waals surface area contributed by atoms with Gasteiger partial charge in [0.1, 0.15) is 25.5 Å². The molecule has 0 radical (unpaired) electrons. The third-order valence-corrected chi connectivity index (χ3v) is 13.1. The molecule has 34 heavy (non-hydrogen) atoms. The van der Waals surface area contributed by atoms with Gasteiger partial charge in [0.2, 0.25) is 0 Å². The molecule has 2 aromatic carbocycles. The van der Waals surface area contributed by atoms with Crippen molar-refractivity contribution in [2.24, 2.45) is 0 Å². The van der Waals surface area contributed by atoms with Crippen LogP contribution in [-0.2, 0) is 6.54 Å². The normalized spacial score (nSPS) is 11.7. The van der Waals surface area contributed by atoms with Gasteiger partial charge < -0.3 is 15.0 Å². The van der Waals surface area contributed by atoms with E-state index in [0.717, 1.165) is 11.3 Å². The van der Waals surface area contributed by atoms with Gasteiger partial charge in [-0.25, -0.2) is 4.39 Å². The van der Waals surface area contributed by atoms with Crippen LogP contribution in [0.3, 0.4) is 0 Å². The second-order valence-corrected chi connectivity index (χ2v) is 15.3. The third kappa shape index (κ3) is 5.05. The highest BCUT2D eigenvalue weighted by Crippen LogP contribution is 2.41. The Bertz CT molecular complexity index is 1250. The van der Waals surface area contributed by atoms with Gasteiger partial charge in [-0.15, -0.1) is 5.54 Å². The Hall–Kier alpha value is -3.04. The first-order valence-electron chi connectivity index (χ1n) is 11.9. The Morgan fingerprint density at radius 1 is 1.00 bits per heavy atom. The van der Waals surface area contributed by atoms with E-state index in [1.54, 1.807) is 13.2 Å². The number of fused-ring (bicyclic) bond motifs is 1. The first-order chi connectivity index (χ1) is 16.1. The van der Waals surface area contributed by atoms with Crippen LogP contribution < -0.4 is 15.5 Å². The molecule has 3 rings (SSSR count). The van der Waals surface area contributed by atoms with Gasteiger partial charge in [0.15, 0.2) is 5.43 Å². The van der Waals surface area contributed by atoms with E-state index in [4.69, 9.17) is 4.74 Å². The predicted octanol–water partition coefficient (Wildman–Crippen LogP) is 6.86. The number of pyridine rings is 1. The van der Waals surface area contributed by atoms with Crippen molar-refractivity contribution >= 4 is 24.8 Å². The molecule has 6 heteroatoms. The molecule has 0 spiro atoms. The van der Waals surface area contributed by atoms with Crippen LogP contribution in [0.5, 0.6) is 5.75 Å². The fourth-order valence-corrected chi connectivity index (χ4v) is 10.3. The van der Waals surface area contributed by atoms with Gasteiger partial charge in [0.05, 0.1) is 23.6 Å². The summed E-state index contributed by atoms with van der Waals surface area (Å²) in [5.74, 6) is 4.07. The zero-order valence-corrected chi connectivity index (χ0v) is 22.2. The quantitative estimate of drug-likeness (QED) is 0.288. The average molecular weight is 479 g/mol. The highest BCUT2D eigenvalue weighted by Gasteiger charge is 2.41. The summed E-state index contributed by atoms with van der Waals surface area (Å²) in [6.45, 7) is 13.8. The van der Waals surface area contributed by atoms with E-state index in [9.17, 15) is 9.18 Å². The minimum Gasteiger partial charge on any atom is -0.497 e. The summed E-state index contributed by atoms with van der Waals surface area (Å²) in [6, 6.07) is 12.2. The molecule has 3 aromatic rings. The average Bonchev–Trinajstić information content (AvgIpc) is 2.79. The van der Waals surface area contributed by atoms with Gasteiger partial charge in [-0.1, -0.05) is 59.6 Å². The number of halogens is 1. The molecule has 0 aliphatic heterocycles. The Balaban J connectivity index is 2.01. The lowest BCUT2D eigenvalue weighted by molar-refractivity contribution is 0.414. The van der Waals surface area contributed by atoms with Crippen LogP contribution in [0.25, 0.3) is 10.9 Å². The Morgan fingerprint density at radius 3 is 2.18 bits per heavy atom. The smallest absolute Gasteiger partial charge is 0.192 e. The van der Waals surface area contributed by atoms with Crippen molar-refractivity contribution in [3.05, 3.63) is 69.6 Å². The van der Waals surface area contributed by atoms with Crippen molar-refractivity contribution in [2.45, 2.75) is 64.7 Å². The molecule has 0 bridgehead atoms. The SMILES string of the molecule is COc1ccc(CNc2cc(=O)c3c(C#C[Si](C(C)C)(C(C)C)C(C)C)c(F)ccc3[nH]2)cc1. The van der Waals surface area contributed by atoms with Crippen LogP contribution in [0.2, 0.25) is 16.6 Å². The van der Waals surface area contributed by atoms with Crippen molar-refractivity contribution < 1.29 is 9.13 Å². The van der Waals surface area contributed by atoms with Gasteiger partial charge in [0.25, 0.3) is 0 Å². The van der Waals surface area contributed by atoms with Crippen molar-refractivity contribution in [2.75, 3.05) is 12.4 Å². The summed E-state index contributed by atoms with van der Waals surface area (Å²) < 4.78 is 20.1. The van der Waals surface area contributed by atoms with Crippen molar-refractivity contribution in [3.63, 3.8) is 0 Å². The van der Waals surface area contributed by atoms with Gasteiger partial charge in [-0.05, 0) is 46.5 Å². The number of hydrogen-bond donors (Lipinski definition) is 2. The maximum absolute atomic E-state index is 14.9. The maximum atomic E-state index is 14.9. The van der Waals surface area contributed by atoms with Crippen LogP contribution in [0.1, 0.15) is 52.7 Å². The van der Waals surface area contributed by atoms with Crippen LogP contribution in [-0.4, -0.2) is 20.2 Å². The summed E-state index contributed by atoms with van der Waals surface area (Å²) in [4.78, 5) is 16.3. The molecule has 0 aliphatic rings. The Labute approximate surface area is 203 Å². The van der Waals surface area contributed by atoms with E-state index in [2.05, 4.69) is 63.3 Å². The molecule has 0 atom stereocenters. The Kier molecular flexibility index (Phi) is 7.88. The van der Waals surface area contributed by atoms with E-state index in [0.29, 0.717) is 39.9 Å². The van der Waals surface area contributed by atoms with Crippen LogP contribution in [0.15, 0.2) is 47.3 Å². The first kappa shape index (κ1) is 25.6.